The Bertz CT molecular complexity index is 821. The molecule has 9 nitrogen and oxygen atoms in total. The molecule has 1 aromatic heterocycles. The Labute approximate surface area is 154 Å². The number of halogens is 1. The first-order valence-corrected chi connectivity index (χ1v) is 7.92. The molecule has 2 rings (SSSR count). The second-order valence-corrected chi connectivity index (χ2v) is 6.46. The number of hydrogen-bond acceptors (Lipinski definition) is 7. The summed E-state index contributed by atoms with van der Waals surface area (Å²) in [5.74, 6) is -0.705. The van der Waals surface area contributed by atoms with Gasteiger partial charge in [0.25, 0.3) is 5.69 Å². The van der Waals surface area contributed by atoms with Gasteiger partial charge >= 0.3 is 6.09 Å². The van der Waals surface area contributed by atoms with Crippen LogP contribution in [0.3, 0.4) is 0 Å². The van der Waals surface area contributed by atoms with Crippen LogP contribution in [-0.4, -0.2) is 21.6 Å². The second kappa shape index (κ2) is 8.41. The van der Waals surface area contributed by atoms with Gasteiger partial charge in [-0.25, -0.2) is 19.6 Å². The normalized spacial score (nSPS) is 11.0. The highest BCUT2D eigenvalue weighted by atomic mass is 19.1. The first-order chi connectivity index (χ1) is 12.6. The SMILES string of the molecule is CC(C)(C)OC(=O)NNCc1ccc(Oc2ccc([N+](=O)[O-])cn2)c(F)c1. The molecule has 0 atom stereocenters. The molecule has 0 aliphatic rings. The number of nitrogens with one attached hydrogen (secondary N) is 2. The highest BCUT2D eigenvalue weighted by Crippen LogP contribution is 2.24. The van der Waals surface area contributed by atoms with E-state index in [1.807, 2.05) is 0 Å². The monoisotopic (exact) mass is 378 g/mol. The Morgan fingerprint density at radius 2 is 2.04 bits per heavy atom. The van der Waals surface area contributed by atoms with E-state index in [2.05, 4.69) is 15.8 Å². The average Bonchev–Trinajstić information content (AvgIpc) is 2.56. The van der Waals surface area contributed by atoms with E-state index in [9.17, 15) is 19.3 Å². The summed E-state index contributed by atoms with van der Waals surface area (Å²) in [6.07, 6.45) is 0.376. The van der Waals surface area contributed by atoms with Crippen molar-refractivity contribution in [3.05, 3.63) is 58.0 Å². The molecule has 2 aromatic rings. The summed E-state index contributed by atoms with van der Waals surface area (Å²) in [6.45, 7) is 5.37. The summed E-state index contributed by atoms with van der Waals surface area (Å²) < 4.78 is 24.5. The van der Waals surface area contributed by atoms with Gasteiger partial charge in [0.1, 0.15) is 11.8 Å². The molecule has 1 heterocycles. The highest BCUT2D eigenvalue weighted by Gasteiger charge is 2.15. The molecule has 0 aliphatic carbocycles. The number of carbonyl (C=O) groups excluding carboxylic acids is 1. The summed E-state index contributed by atoms with van der Waals surface area (Å²) in [5.41, 5.74) is 4.71. The molecule has 1 amide bonds. The van der Waals surface area contributed by atoms with Crippen LogP contribution in [0.1, 0.15) is 26.3 Å². The van der Waals surface area contributed by atoms with Crippen molar-refractivity contribution in [2.75, 3.05) is 0 Å². The highest BCUT2D eigenvalue weighted by molar-refractivity contribution is 5.66. The Morgan fingerprint density at radius 1 is 1.30 bits per heavy atom. The van der Waals surface area contributed by atoms with E-state index >= 15 is 0 Å². The molecule has 0 unspecified atom stereocenters. The Balaban J connectivity index is 1.91. The van der Waals surface area contributed by atoms with Gasteiger partial charge in [-0.15, -0.1) is 0 Å². The fourth-order valence-electron chi connectivity index (χ4n) is 1.91. The van der Waals surface area contributed by atoms with Crippen LogP contribution in [0, 0.1) is 15.9 Å². The molecule has 144 valence electrons. The second-order valence-electron chi connectivity index (χ2n) is 6.46. The number of aromatic nitrogens is 1. The van der Waals surface area contributed by atoms with Crippen LogP contribution >= 0.6 is 0 Å². The smallest absolute Gasteiger partial charge is 0.422 e. The molecule has 2 N–H and O–H groups in total. The average molecular weight is 378 g/mol. The third-order valence-electron chi connectivity index (χ3n) is 3.02. The Hall–Kier alpha value is -3.27. The molecule has 0 spiro atoms. The van der Waals surface area contributed by atoms with Crippen molar-refractivity contribution < 1.29 is 23.6 Å². The third kappa shape index (κ3) is 6.51. The van der Waals surface area contributed by atoms with Gasteiger partial charge in [0.05, 0.1) is 4.92 Å². The van der Waals surface area contributed by atoms with E-state index < -0.39 is 22.4 Å². The van der Waals surface area contributed by atoms with Crippen LogP contribution in [0.4, 0.5) is 14.9 Å². The zero-order valence-corrected chi connectivity index (χ0v) is 15.0. The van der Waals surface area contributed by atoms with E-state index in [1.54, 1.807) is 26.8 Å². The molecule has 0 aliphatic heterocycles. The predicted molar refractivity (Wildman–Crippen MR) is 93.6 cm³/mol. The van der Waals surface area contributed by atoms with Gasteiger partial charge in [-0.05, 0) is 38.5 Å². The molecular formula is C17H19FN4O5. The van der Waals surface area contributed by atoms with Gasteiger partial charge in [0.2, 0.25) is 5.88 Å². The minimum absolute atomic E-state index is 0.0250. The van der Waals surface area contributed by atoms with Crippen molar-refractivity contribution in [3.8, 4) is 11.6 Å². The molecule has 27 heavy (non-hydrogen) atoms. The summed E-state index contributed by atoms with van der Waals surface area (Å²) in [6, 6.07) is 6.69. The zero-order chi connectivity index (χ0) is 20.0. The van der Waals surface area contributed by atoms with Crippen molar-refractivity contribution >= 4 is 11.8 Å². The standard InChI is InChI=1S/C17H19FN4O5/c1-17(2,3)27-16(23)21-20-9-11-4-6-14(13(18)8-11)26-15-7-5-12(10-19-15)22(24)25/h4-8,10,20H,9H2,1-3H3,(H,21,23). The van der Waals surface area contributed by atoms with E-state index in [0.29, 0.717) is 5.56 Å². The molecule has 1 aromatic carbocycles. The number of rotatable bonds is 6. The number of hydrogen-bond donors (Lipinski definition) is 2. The first kappa shape index (κ1) is 20.0. The van der Waals surface area contributed by atoms with Crippen LogP contribution in [0.25, 0.3) is 0 Å². The predicted octanol–water partition coefficient (Wildman–Crippen LogP) is 3.45. The lowest BCUT2D eigenvalue weighted by Crippen LogP contribution is -2.40. The number of nitrogens with zero attached hydrogens (tertiary/aromatic N) is 2. The van der Waals surface area contributed by atoms with Crippen LogP contribution in [0.15, 0.2) is 36.5 Å². The number of hydrazine groups is 1. The van der Waals surface area contributed by atoms with Gasteiger partial charge in [0.15, 0.2) is 11.6 Å². The van der Waals surface area contributed by atoms with E-state index in [4.69, 9.17) is 9.47 Å². The van der Waals surface area contributed by atoms with Crippen molar-refractivity contribution in [3.63, 3.8) is 0 Å². The third-order valence-corrected chi connectivity index (χ3v) is 3.02. The van der Waals surface area contributed by atoms with Crippen LogP contribution < -0.4 is 15.6 Å². The van der Waals surface area contributed by atoms with Crippen LogP contribution in [0.2, 0.25) is 0 Å². The number of nitro groups is 1. The van der Waals surface area contributed by atoms with Crippen molar-refractivity contribution in [2.24, 2.45) is 0 Å². The van der Waals surface area contributed by atoms with Gasteiger partial charge in [-0.2, -0.15) is 0 Å². The zero-order valence-electron chi connectivity index (χ0n) is 15.0. The van der Waals surface area contributed by atoms with E-state index in [-0.39, 0.29) is 23.9 Å². The lowest BCUT2D eigenvalue weighted by Gasteiger charge is -2.19. The Morgan fingerprint density at radius 3 is 2.59 bits per heavy atom. The molecule has 0 saturated carbocycles. The van der Waals surface area contributed by atoms with Crippen molar-refractivity contribution in [1.29, 1.82) is 0 Å². The minimum Gasteiger partial charge on any atom is -0.443 e. The van der Waals surface area contributed by atoms with Gasteiger partial charge in [-0.1, -0.05) is 6.07 Å². The topological polar surface area (TPSA) is 116 Å². The largest absolute Gasteiger partial charge is 0.443 e. The molecule has 0 saturated heterocycles. The van der Waals surface area contributed by atoms with Gasteiger partial charge in [0, 0.05) is 18.7 Å². The lowest BCUT2D eigenvalue weighted by molar-refractivity contribution is -0.385. The fraction of sp³-hybridized carbons (Fsp3) is 0.294. The molecule has 0 radical (unpaired) electrons. The van der Waals surface area contributed by atoms with Crippen molar-refractivity contribution in [1.82, 2.24) is 15.8 Å². The summed E-state index contributed by atoms with van der Waals surface area (Å²) in [7, 11) is 0. The van der Waals surface area contributed by atoms with Gasteiger partial charge in [-0.3, -0.25) is 15.5 Å². The van der Waals surface area contributed by atoms with E-state index in [0.717, 1.165) is 6.20 Å². The van der Waals surface area contributed by atoms with Gasteiger partial charge < -0.3 is 9.47 Å². The van der Waals surface area contributed by atoms with Crippen LogP contribution in [-0.2, 0) is 11.3 Å². The number of benzene rings is 1. The quantitative estimate of drug-likeness (QED) is 0.584. The van der Waals surface area contributed by atoms with Crippen molar-refractivity contribution in [2.45, 2.75) is 32.9 Å². The van der Waals surface area contributed by atoms with E-state index in [1.165, 1.54) is 24.3 Å². The number of carbonyl (C=O) groups is 1. The summed E-state index contributed by atoms with van der Waals surface area (Å²) in [4.78, 5) is 25.2. The lowest BCUT2D eigenvalue weighted by atomic mass is 10.2. The number of ether oxygens (including phenoxy) is 2. The Kier molecular flexibility index (Phi) is 6.24. The molecular weight excluding hydrogens is 359 g/mol. The number of amides is 1. The maximum Gasteiger partial charge on any atom is 0.422 e. The molecule has 10 heteroatoms. The molecule has 0 bridgehead atoms. The maximum atomic E-state index is 14.2. The number of pyridine rings is 1. The maximum absolute atomic E-state index is 14.2. The first-order valence-electron chi connectivity index (χ1n) is 7.92. The fourth-order valence-corrected chi connectivity index (χ4v) is 1.91. The molecule has 0 fully saturated rings. The van der Waals surface area contributed by atoms with Crippen LogP contribution in [0.5, 0.6) is 11.6 Å². The summed E-state index contributed by atoms with van der Waals surface area (Å²) >= 11 is 0. The summed E-state index contributed by atoms with van der Waals surface area (Å²) in [5, 5.41) is 10.6. The minimum atomic E-state index is -0.647.